The van der Waals surface area contributed by atoms with Gasteiger partial charge in [-0.25, -0.2) is 0 Å². The number of piperidine rings is 1. The van der Waals surface area contributed by atoms with Crippen LogP contribution in [-0.4, -0.2) is 49.4 Å². The molecule has 0 bridgehead atoms. The molecule has 2 amide bonds. The van der Waals surface area contributed by atoms with E-state index >= 15 is 0 Å². The van der Waals surface area contributed by atoms with E-state index in [2.05, 4.69) is 10.1 Å². The van der Waals surface area contributed by atoms with Gasteiger partial charge < -0.3 is 15.0 Å². The SMILES string of the molecule is COC(=O)CCCNC(=O)C1CCC(=O)N(CCc2ccc(Cl)cc2)C1. The fourth-order valence-electron chi connectivity index (χ4n) is 2.95. The van der Waals surface area contributed by atoms with Crippen LogP contribution in [0.1, 0.15) is 31.2 Å². The van der Waals surface area contributed by atoms with Crippen LogP contribution in [0.25, 0.3) is 0 Å². The third-order valence-electron chi connectivity index (χ3n) is 4.54. The second-order valence-electron chi connectivity index (χ2n) is 6.42. The Balaban J connectivity index is 1.77. The minimum absolute atomic E-state index is 0.0566. The van der Waals surface area contributed by atoms with E-state index in [1.807, 2.05) is 24.3 Å². The highest BCUT2D eigenvalue weighted by atomic mass is 35.5. The van der Waals surface area contributed by atoms with Gasteiger partial charge in [0.05, 0.1) is 13.0 Å². The normalized spacial score (nSPS) is 17.1. The van der Waals surface area contributed by atoms with Crippen molar-refractivity contribution in [1.29, 1.82) is 0 Å². The molecule has 1 aliphatic heterocycles. The lowest BCUT2D eigenvalue weighted by molar-refractivity contribution is -0.141. The van der Waals surface area contributed by atoms with E-state index in [0.717, 1.165) is 12.0 Å². The Morgan fingerprint density at radius 2 is 2.04 bits per heavy atom. The number of likely N-dealkylation sites (tertiary alicyclic amines) is 1. The molecule has 1 aromatic carbocycles. The third kappa shape index (κ3) is 6.33. The first-order chi connectivity index (χ1) is 12.5. The van der Waals surface area contributed by atoms with Gasteiger partial charge in [-0.1, -0.05) is 23.7 Å². The van der Waals surface area contributed by atoms with Crippen molar-refractivity contribution in [1.82, 2.24) is 10.2 Å². The molecule has 142 valence electrons. The Morgan fingerprint density at radius 1 is 1.31 bits per heavy atom. The molecule has 26 heavy (non-hydrogen) atoms. The molecule has 0 radical (unpaired) electrons. The van der Waals surface area contributed by atoms with Gasteiger partial charge in [0.2, 0.25) is 11.8 Å². The largest absolute Gasteiger partial charge is 0.469 e. The van der Waals surface area contributed by atoms with Crippen LogP contribution in [0.5, 0.6) is 0 Å². The summed E-state index contributed by atoms with van der Waals surface area (Å²) in [5.74, 6) is -0.445. The van der Waals surface area contributed by atoms with Crippen LogP contribution in [0, 0.1) is 5.92 Å². The highest BCUT2D eigenvalue weighted by Gasteiger charge is 2.29. The van der Waals surface area contributed by atoms with E-state index in [1.54, 1.807) is 4.90 Å². The summed E-state index contributed by atoms with van der Waals surface area (Å²) >= 11 is 5.88. The van der Waals surface area contributed by atoms with Gasteiger partial charge in [-0.2, -0.15) is 0 Å². The highest BCUT2D eigenvalue weighted by Crippen LogP contribution is 2.19. The van der Waals surface area contributed by atoms with Crippen molar-refractivity contribution in [3.63, 3.8) is 0 Å². The molecule has 0 saturated carbocycles. The van der Waals surface area contributed by atoms with Crippen molar-refractivity contribution in [2.45, 2.75) is 32.1 Å². The summed E-state index contributed by atoms with van der Waals surface area (Å²) in [5, 5.41) is 3.53. The van der Waals surface area contributed by atoms with Gasteiger partial charge in [-0.05, 0) is 37.0 Å². The predicted octanol–water partition coefficient (Wildman–Crippen LogP) is 2.19. The molecule has 0 spiro atoms. The number of benzene rings is 1. The van der Waals surface area contributed by atoms with Gasteiger partial charge in [0.15, 0.2) is 0 Å². The Morgan fingerprint density at radius 3 is 2.73 bits per heavy atom. The molecule has 6 nitrogen and oxygen atoms in total. The highest BCUT2D eigenvalue weighted by molar-refractivity contribution is 6.30. The van der Waals surface area contributed by atoms with E-state index < -0.39 is 0 Å². The van der Waals surface area contributed by atoms with Gasteiger partial charge >= 0.3 is 5.97 Å². The Kier molecular flexibility index (Phi) is 7.91. The maximum absolute atomic E-state index is 12.3. The maximum atomic E-state index is 12.3. The average molecular weight is 381 g/mol. The summed E-state index contributed by atoms with van der Waals surface area (Å²) in [6.07, 6.45) is 2.52. The minimum atomic E-state index is -0.282. The second kappa shape index (κ2) is 10.2. The van der Waals surface area contributed by atoms with Gasteiger partial charge in [-0.3, -0.25) is 14.4 Å². The maximum Gasteiger partial charge on any atom is 0.305 e. The molecule has 7 heteroatoms. The molecule has 1 aliphatic rings. The summed E-state index contributed by atoms with van der Waals surface area (Å²) in [5.41, 5.74) is 1.11. The van der Waals surface area contributed by atoms with Crippen LogP contribution in [0.4, 0.5) is 0 Å². The predicted molar refractivity (Wildman–Crippen MR) is 98.7 cm³/mol. The Bertz CT molecular complexity index is 633. The van der Waals surface area contributed by atoms with Crippen molar-refractivity contribution < 1.29 is 19.1 Å². The van der Waals surface area contributed by atoms with Crippen LogP contribution >= 0.6 is 11.6 Å². The fourth-order valence-corrected chi connectivity index (χ4v) is 3.08. The van der Waals surface area contributed by atoms with Crippen molar-refractivity contribution >= 4 is 29.4 Å². The number of rotatable bonds is 8. The molecule has 0 aliphatic carbocycles. The van der Waals surface area contributed by atoms with E-state index in [1.165, 1.54) is 7.11 Å². The zero-order valence-corrected chi connectivity index (χ0v) is 15.8. The van der Waals surface area contributed by atoms with E-state index in [0.29, 0.717) is 43.9 Å². The first kappa shape index (κ1) is 20.2. The molecule has 1 saturated heterocycles. The van der Waals surface area contributed by atoms with Crippen LogP contribution in [0.2, 0.25) is 5.02 Å². The smallest absolute Gasteiger partial charge is 0.305 e. The van der Waals surface area contributed by atoms with Crippen molar-refractivity contribution in [3.8, 4) is 0 Å². The molecule has 1 heterocycles. The summed E-state index contributed by atoms with van der Waals surface area (Å²) < 4.78 is 4.57. The standard InChI is InChI=1S/C19H25ClN2O4/c1-26-18(24)3-2-11-21-19(25)15-6-9-17(23)22(13-15)12-10-14-4-7-16(20)8-5-14/h4-5,7-8,15H,2-3,6,9-13H2,1H3,(H,21,25). The number of halogens is 1. The summed E-state index contributed by atoms with van der Waals surface area (Å²) in [6, 6.07) is 7.56. The molecule has 1 N–H and O–H groups in total. The minimum Gasteiger partial charge on any atom is -0.469 e. The van der Waals surface area contributed by atoms with Crippen LogP contribution in [0.15, 0.2) is 24.3 Å². The number of carbonyl (C=O) groups excluding carboxylic acids is 3. The van der Waals surface area contributed by atoms with Crippen molar-refractivity contribution in [2.75, 3.05) is 26.7 Å². The Hall–Kier alpha value is -2.08. The zero-order chi connectivity index (χ0) is 18.9. The number of hydrogen-bond donors (Lipinski definition) is 1. The number of esters is 1. The monoisotopic (exact) mass is 380 g/mol. The summed E-state index contributed by atoms with van der Waals surface area (Å²) in [7, 11) is 1.35. The number of nitrogens with zero attached hydrogens (tertiary/aromatic N) is 1. The number of amides is 2. The number of carbonyl (C=O) groups is 3. The van der Waals surface area contributed by atoms with E-state index in [4.69, 9.17) is 11.6 Å². The molecule has 2 rings (SSSR count). The van der Waals surface area contributed by atoms with E-state index in [-0.39, 0.29) is 30.1 Å². The van der Waals surface area contributed by atoms with Crippen molar-refractivity contribution in [3.05, 3.63) is 34.9 Å². The summed E-state index contributed by atoms with van der Waals surface area (Å²) in [6.45, 7) is 1.46. The lowest BCUT2D eigenvalue weighted by Crippen LogP contribution is -2.46. The topological polar surface area (TPSA) is 75.7 Å². The van der Waals surface area contributed by atoms with Gasteiger partial charge in [0, 0.05) is 37.5 Å². The van der Waals surface area contributed by atoms with Crippen molar-refractivity contribution in [2.24, 2.45) is 5.92 Å². The molecule has 1 fully saturated rings. The quantitative estimate of drug-likeness (QED) is 0.554. The fraction of sp³-hybridized carbons (Fsp3) is 0.526. The molecule has 1 unspecified atom stereocenters. The van der Waals surface area contributed by atoms with Gasteiger partial charge in [-0.15, -0.1) is 0 Å². The average Bonchev–Trinajstić information content (AvgIpc) is 2.65. The van der Waals surface area contributed by atoms with Crippen LogP contribution < -0.4 is 5.32 Å². The summed E-state index contributed by atoms with van der Waals surface area (Å²) in [4.78, 5) is 37.2. The number of nitrogens with one attached hydrogen (secondary N) is 1. The lowest BCUT2D eigenvalue weighted by Gasteiger charge is -2.32. The molecular weight excluding hydrogens is 356 g/mol. The lowest BCUT2D eigenvalue weighted by atomic mass is 9.96. The third-order valence-corrected chi connectivity index (χ3v) is 4.79. The molecular formula is C19H25ClN2O4. The molecule has 0 aromatic heterocycles. The number of ether oxygens (including phenoxy) is 1. The second-order valence-corrected chi connectivity index (χ2v) is 6.86. The first-order valence-corrected chi connectivity index (χ1v) is 9.24. The molecule has 1 aromatic rings. The Labute approximate surface area is 158 Å². The zero-order valence-electron chi connectivity index (χ0n) is 15.0. The van der Waals surface area contributed by atoms with Crippen LogP contribution in [0.3, 0.4) is 0 Å². The molecule has 1 atom stereocenters. The van der Waals surface area contributed by atoms with E-state index in [9.17, 15) is 14.4 Å². The van der Waals surface area contributed by atoms with Gasteiger partial charge in [0.1, 0.15) is 0 Å². The number of methoxy groups -OCH3 is 1. The van der Waals surface area contributed by atoms with Crippen LogP contribution in [-0.2, 0) is 25.5 Å². The first-order valence-electron chi connectivity index (χ1n) is 8.86. The van der Waals surface area contributed by atoms with Gasteiger partial charge in [0.25, 0.3) is 0 Å². The number of hydrogen-bond acceptors (Lipinski definition) is 4.